The molecule has 0 fully saturated rings. The summed E-state index contributed by atoms with van der Waals surface area (Å²) >= 11 is 0. The molecule has 0 radical (unpaired) electrons. The van der Waals surface area contributed by atoms with Gasteiger partial charge in [-0.05, 0) is 27.7 Å². The predicted octanol–water partition coefficient (Wildman–Crippen LogP) is 2.54. The summed E-state index contributed by atoms with van der Waals surface area (Å²) in [5.41, 5.74) is 0.338. The second-order valence-electron chi connectivity index (χ2n) is 5.60. The van der Waals surface area contributed by atoms with Crippen molar-refractivity contribution in [1.29, 1.82) is 0 Å². The van der Waals surface area contributed by atoms with Crippen LogP contribution in [0.1, 0.15) is 41.5 Å². The lowest BCUT2D eigenvalue weighted by Gasteiger charge is -2.56. The van der Waals surface area contributed by atoms with Gasteiger partial charge in [0.2, 0.25) is 0 Å². The first kappa shape index (κ1) is 10.6. The first-order valence-corrected chi connectivity index (χ1v) is 4.91. The van der Waals surface area contributed by atoms with Crippen molar-refractivity contribution in [3.05, 3.63) is 0 Å². The van der Waals surface area contributed by atoms with Crippen molar-refractivity contribution in [1.82, 2.24) is 4.90 Å². The topological polar surface area (TPSA) is 15.6 Å². The van der Waals surface area contributed by atoms with E-state index in [0.29, 0.717) is 0 Å². The van der Waals surface area contributed by atoms with E-state index in [-0.39, 0.29) is 16.5 Å². The summed E-state index contributed by atoms with van der Waals surface area (Å²) in [5, 5.41) is 0. The fourth-order valence-electron chi connectivity index (χ4n) is 1.73. The van der Waals surface area contributed by atoms with Gasteiger partial charge in [0.1, 0.15) is 0 Å². The van der Waals surface area contributed by atoms with E-state index in [2.05, 4.69) is 58.5 Å². The highest BCUT2D eigenvalue weighted by atomic mass is 15.2. The minimum Gasteiger partial charge on any atom is -0.360 e. The summed E-state index contributed by atoms with van der Waals surface area (Å²) in [6.45, 7) is 13.6. The zero-order valence-electron chi connectivity index (χ0n) is 9.97. The second kappa shape index (κ2) is 2.49. The van der Waals surface area contributed by atoms with Crippen molar-refractivity contribution in [2.24, 2.45) is 10.4 Å². The van der Waals surface area contributed by atoms with Gasteiger partial charge in [-0.3, -0.25) is 4.99 Å². The van der Waals surface area contributed by atoms with Crippen LogP contribution in [0.5, 0.6) is 0 Å². The summed E-state index contributed by atoms with van der Waals surface area (Å²) in [6, 6.07) is 0. The number of nitrogens with zero attached hydrogens (tertiary/aromatic N) is 2. The molecule has 1 aliphatic heterocycles. The summed E-state index contributed by atoms with van der Waals surface area (Å²) in [5.74, 6) is 0. The largest absolute Gasteiger partial charge is 0.360 e. The Hall–Kier alpha value is -0.530. The van der Waals surface area contributed by atoms with E-state index in [4.69, 9.17) is 0 Å². The molecule has 0 aromatic carbocycles. The average Bonchev–Trinajstić information content (AvgIpc) is 1.97. The molecule has 0 aromatic rings. The van der Waals surface area contributed by atoms with Gasteiger partial charge in [0, 0.05) is 18.0 Å². The van der Waals surface area contributed by atoms with Crippen molar-refractivity contribution in [2.45, 2.75) is 52.6 Å². The van der Waals surface area contributed by atoms with Crippen LogP contribution in [0.3, 0.4) is 0 Å². The smallest absolute Gasteiger partial charge is 0.0858 e. The quantitative estimate of drug-likeness (QED) is 0.562. The summed E-state index contributed by atoms with van der Waals surface area (Å²) in [6.07, 6.45) is 1.96. The minimum atomic E-state index is 0.0169. The average molecular weight is 182 g/mol. The lowest BCUT2D eigenvalue weighted by atomic mass is 9.62. The first-order chi connectivity index (χ1) is 5.63. The Bertz CT molecular complexity index is 236. The Labute approximate surface area is 82.0 Å². The molecular formula is C11H22N2. The van der Waals surface area contributed by atoms with Crippen LogP contribution in [0.25, 0.3) is 0 Å². The van der Waals surface area contributed by atoms with Gasteiger partial charge >= 0.3 is 0 Å². The molecule has 0 saturated carbocycles. The molecule has 2 nitrogen and oxygen atoms in total. The SMILES string of the molecule is CN1C=NC(C)(C)C(C)(C)C1(C)C. The fourth-order valence-corrected chi connectivity index (χ4v) is 1.73. The van der Waals surface area contributed by atoms with E-state index in [0.717, 1.165) is 0 Å². The molecule has 0 aromatic heterocycles. The highest BCUT2D eigenvalue weighted by Gasteiger charge is 2.51. The maximum atomic E-state index is 4.59. The Morgan fingerprint density at radius 1 is 1.00 bits per heavy atom. The van der Waals surface area contributed by atoms with Gasteiger partial charge < -0.3 is 4.90 Å². The highest BCUT2D eigenvalue weighted by molar-refractivity contribution is 5.59. The Balaban J connectivity index is 3.22. The third-order valence-corrected chi connectivity index (χ3v) is 4.49. The van der Waals surface area contributed by atoms with Gasteiger partial charge in [-0.1, -0.05) is 13.8 Å². The van der Waals surface area contributed by atoms with Crippen LogP contribution in [-0.2, 0) is 0 Å². The number of aliphatic imine (C=N–C) groups is 1. The number of hydrogen-bond acceptors (Lipinski definition) is 2. The standard InChI is InChI=1S/C11H22N2/c1-9(2)10(3,4)12-8-13(7)11(9,5)6/h8H,1-7H3. The van der Waals surface area contributed by atoms with E-state index in [9.17, 15) is 0 Å². The monoisotopic (exact) mass is 182 g/mol. The molecule has 2 heteroatoms. The Kier molecular flexibility index (Phi) is 2.02. The maximum absolute atomic E-state index is 4.59. The van der Waals surface area contributed by atoms with Crippen molar-refractivity contribution < 1.29 is 0 Å². The van der Waals surface area contributed by atoms with Crippen molar-refractivity contribution in [3.63, 3.8) is 0 Å². The van der Waals surface area contributed by atoms with Crippen LogP contribution in [0, 0.1) is 5.41 Å². The highest BCUT2D eigenvalue weighted by Crippen LogP contribution is 2.47. The van der Waals surface area contributed by atoms with Gasteiger partial charge in [-0.2, -0.15) is 0 Å². The van der Waals surface area contributed by atoms with Crippen LogP contribution in [0.4, 0.5) is 0 Å². The minimum absolute atomic E-state index is 0.0169. The van der Waals surface area contributed by atoms with Gasteiger partial charge in [0.15, 0.2) is 0 Å². The summed E-state index contributed by atoms with van der Waals surface area (Å²) < 4.78 is 0. The van der Waals surface area contributed by atoms with Gasteiger partial charge in [-0.25, -0.2) is 0 Å². The molecule has 0 bridgehead atoms. The number of rotatable bonds is 0. The van der Waals surface area contributed by atoms with Crippen LogP contribution < -0.4 is 0 Å². The lowest BCUT2D eigenvalue weighted by molar-refractivity contribution is 0.0104. The van der Waals surface area contributed by atoms with E-state index in [1.54, 1.807) is 0 Å². The van der Waals surface area contributed by atoms with E-state index < -0.39 is 0 Å². The molecule has 1 aliphatic rings. The van der Waals surface area contributed by atoms with Crippen LogP contribution in [0.2, 0.25) is 0 Å². The molecule has 1 heterocycles. The third-order valence-electron chi connectivity index (χ3n) is 4.49. The van der Waals surface area contributed by atoms with Gasteiger partial charge in [0.05, 0.1) is 11.9 Å². The normalized spacial score (nSPS) is 29.0. The summed E-state index contributed by atoms with van der Waals surface area (Å²) in [4.78, 5) is 6.80. The maximum Gasteiger partial charge on any atom is 0.0858 e. The molecule has 0 amide bonds. The van der Waals surface area contributed by atoms with Crippen molar-refractivity contribution in [3.8, 4) is 0 Å². The zero-order chi connectivity index (χ0) is 10.5. The number of hydrogen-bond donors (Lipinski definition) is 0. The molecule has 0 N–H and O–H groups in total. The lowest BCUT2D eigenvalue weighted by Crippen LogP contribution is -2.62. The van der Waals surface area contributed by atoms with Crippen LogP contribution in [0.15, 0.2) is 4.99 Å². The molecule has 0 aliphatic carbocycles. The Morgan fingerprint density at radius 3 is 1.85 bits per heavy atom. The zero-order valence-corrected chi connectivity index (χ0v) is 9.97. The van der Waals surface area contributed by atoms with E-state index in [1.165, 1.54) is 0 Å². The van der Waals surface area contributed by atoms with Crippen molar-refractivity contribution in [2.75, 3.05) is 7.05 Å². The van der Waals surface area contributed by atoms with E-state index in [1.807, 2.05) is 6.34 Å². The molecule has 1 rings (SSSR count). The van der Waals surface area contributed by atoms with Crippen molar-refractivity contribution >= 4 is 6.34 Å². The van der Waals surface area contributed by atoms with Crippen LogP contribution in [-0.4, -0.2) is 29.4 Å². The molecule has 0 saturated heterocycles. The van der Waals surface area contributed by atoms with Crippen LogP contribution >= 0.6 is 0 Å². The molecular weight excluding hydrogens is 160 g/mol. The van der Waals surface area contributed by atoms with Gasteiger partial charge in [-0.15, -0.1) is 0 Å². The third kappa shape index (κ3) is 1.18. The molecule has 0 atom stereocenters. The summed E-state index contributed by atoms with van der Waals surface area (Å²) in [7, 11) is 2.10. The molecule has 0 unspecified atom stereocenters. The molecule has 76 valence electrons. The van der Waals surface area contributed by atoms with E-state index >= 15 is 0 Å². The second-order valence-corrected chi connectivity index (χ2v) is 5.60. The first-order valence-electron chi connectivity index (χ1n) is 4.91. The fraction of sp³-hybridized carbons (Fsp3) is 0.909. The van der Waals surface area contributed by atoms with Gasteiger partial charge in [0.25, 0.3) is 0 Å². The molecule has 0 spiro atoms. The Morgan fingerprint density at radius 2 is 1.46 bits per heavy atom. The predicted molar refractivity (Wildman–Crippen MR) is 58.2 cm³/mol. The molecule has 13 heavy (non-hydrogen) atoms.